The number of nitrogens with zero attached hydrogens (tertiary/aromatic N) is 4. The summed E-state index contributed by atoms with van der Waals surface area (Å²) in [6.45, 7) is 9.46. The third kappa shape index (κ3) is 3.86. The number of hydrogen-bond donors (Lipinski definition) is 0. The molecule has 0 radical (unpaired) electrons. The molecule has 5 nitrogen and oxygen atoms in total. The molecule has 25 heavy (non-hydrogen) atoms. The first-order chi connectivity index (χ1) is 11.9. The zero-order valence-electron chi connectivity index (χ0n) is 15.5. The minimum absolute atomic E-state index is 0.235. The maximum absolute atomic E-state index is 12.5. The fraction of sp³-hybridized carbons (Fsp3) is 0.500. The standard InChI is InChI=1S/C20H26N4O/c1-14-22-13-17(15-5-9-21-10-6-15)18(23-14)16-7-11-24(12-8-16)19(25)20(2,3)4/h5-6,9-10,13,16H,7-8,11-12H2,1-4H3. The highest BCUT2D eigenvalue weighted by molar-refractivity contribution is 5.81. The number of aryl methyl sites for hydroxylation is 1. The number of amides is 1. The predicted octanol–water partition coefficient (Wildman–Crippen LogP) is 3.60. The summed E-state index contributed by atoms with van der Waals surface area (Å²) in [6, 6.07) is 3.99. The van der Waals surface area contributed by atoms with E-state index in [9.17, 15) is 4.79 Å². The predicted molar refractivity (Wildman–Crippen MR) is 98.0 cm³/mol. The average molecular weight is 338 g/mol. The summed E-state index contributed by atoms with van der Waals surface area (Å²) in [5.74, 6) is 1.38. The number of rotatable bonds is 2. The Bertz CT molecular complexity index is 744. The number of carbonyl (C=O) groups is 1. The van der Waals surface area contributed by atoms with Gasteiger partial charge in [0.05, 0.1) is 5.69 Å². The van der Waals surface area contributed by atoms with Crippen molar-refractivity contribution in [3.8, 4) is 11.1 Å². The van der Waals surface area contributed by atoms with Crippen molar-refractivity contribution in [1.29, 1.82) is 0 Å². The van der Waals surface area contributed by atoms with Gasteiger partial charge in [-0.15, -0.1) is 0 Å². The highest BCUT2D eigenvalue weighted by Gasteiger charge is 2.31. The molecule has 0 N–H and O–H groups in total. The molecule has 0 unspecified atom stereocenters. The Labute approximate surface area is 149 Å². The maximum atomic E-state index is 12.5. The average Bonchev–Trinajstić information content (AvgIpc) is 2.61. The molecule has 3 rings (SSSR count). The van der Waals surface area contributed by atoms with E-state index in [1.807, 2.05) is 50.9 Å². The van der Waals surface area contributed by atoms with Gasteiger partial charge in [-0.1, -0.05) is 20.8 Å². The van der Waals surface area contributed by atoms with Crippen LogP contribution in [0.2, 0.25) is 0 Å². The molecule has 0 spiro atoms. The van der Waals surface area contributed by atoms with Crippen molar-refractivity contribution in [3.63, 3.8) is 0 Å². The maximum Gasteiger partial charge on any atom is 0.227 e. The molecule has 132 valence electrons. The van der Waals surface area contributed by atoms with E-state index in [-0.39, 0.29) is 11.3 Å². The molecule has 0 saturated carbocycles. The van der Waals surface area contributed by atoms with E-state index in [4.69, 9.17) is 4.98 Å². The third-order valence-electron chi connectivity index (χ3n) is 4.74. The first kappa shape index (κ1) is 17.5. The van der Waals surface area contributed by atoms with E-state index in [0.29, 0.717) is 5.92 Å². The number of hydrogen-bond acceptors (Lipinski definition) is 4. The molecule has 0 aromatic carbocycles. The molecule has 0 atom stereocenters. The van der Waals surface area contributed by atoms with Crippen LogP contribution in [-0.4, -0.2) is 38.8 Å². The van der Waals surface area contributed by atoms with E-state index in [0.717, 1.165) is 48.6 Å². The first-order valence-corrected chi connectivity index (χ1v) is 8.89. The van der Waals surface area contributed by atoms with Crippen LogP contribution >= 0.6 is 0 Å². The summed E-state index contributed by atoms with van der Waals surface area (Å²) in [5.41, 5.74) is 2.95. The number of likely N-dealkylation sites (tertiary alicyclic amines) is 1. The Hall–Kier alpha value is -2.30. The minimum atomic E-state index is -0.319. The van der Waals surface area contributed by atoms with Gasteiger partial charge >= 0.3 is 0 Å². The van der Waals surface area contributed by atoms with E-state index < -0.39 is 0 Å². The summed E-state index contributed by atoms with van der Waals surface area (Å²) < 4.78 is 0. The lowest BCUT2D eigenvalue weighted by atomic mass is 9.87. The van der Waals surface area contributed by atoms with Crippen molar-refractivity contribution in [2.45, 2.75) is 46.5 Å². The van der Waals surface area contributed by atoms with Crippen LogP contribution in [0.25, 0.3) is 11.1 Å². The lowest BCUT2D eigenvalue weighted by Crippen LogP contribution is -2.43. The summed E-state index contributed by atoms with van der Waals surface area (Å²) in [5, 5.41) is 0. The van der Waals surface area contributed by atoms with E-state index in [2.05, 4.69) is 9.97 Å². The van der Waals surface area contributed by atoms with Crippen molar-refractivity contribution in [1.82, 2.24) is 19.9 Å². The van der Waals surface area contributed by atoms with Crippen LogP contribution < -0.4 is 0 Å². The first-order valence-electron chi connectivity index (χ1n) is 8.89. The minimum Gasteiger partial charge on any atom is -0.342 e. The van der Waals surface area contributed by atoms with Crippen LogP contribution in [0, 0.1) is 12.3 Å². The summed E-state index contributed by atoms with van der Waals surface area (Å²) in [4.78, 5) is 27.7. The molecule has 0 bridgehead atoms. The molecular weight excluding hydrogens is 312 g/mol. The van der Waals surface area contributed by atoms with Crippen LogP contribution in [0.4, 0.5) is 0 Å². The van der Waals surface area contributed by atoms with Gasteiger partial charge in [-0.05, 0) is 37.5 Å². The molecule has 1 saturated heterocycles. The second-order valence-corrected chi connectivity index (χ2v) is 7.77. The second-order valence-electron chi connectivity index (χ2n) is 7.77. The Morgan fingerprint density at radius 3 is 2.40 bits per heavy atom. The highest BCUT2D eigenvalue weighted by Crippen LogP contribution is 2.34. The van der Waals surface area contributed by atoms with Gasteiger partial charge in [-0.3, -0.25) is 9.78 Å². The quantitative estimate of drug-likeness (QED) is 0.839. The summed E-state index contributed by atoms with van der Waals surface area (Å²) >= 11 is 0. The van der Waals surface area contributed by atoms with Crippen molar-refractivity contribution >= 4 is 5.91 Å². The summed E-state index contributed by atoms with van der Waals surface area (Å²) in [7, 11) is 0. The molecule has 2 aromatic heterocycles. The van der Waals surface area contributed by atoms with Gasteiger partial charge < -0.3 is 4.90 Å². The SMILES string of the molecule is Cc1ncc(-c2ccncc2)c(C2CCN(C(=O)C(C)(C)C)CC2)n1. The normalized spacial score (nSPS) is 16.1. The molecular formula is C20H26N4O. The van der Waals surface area contributed by atoms with Crippen LogP contribution in [0.15, 0.2) is 30.7 Å². The summed E-state index contributed by atoms with van der Waals surface area (Å²) in [6.07, 6.45) is 7.39. The molecule has 1 amide bonds. The van der Waals surface area contributed by atoms with Crippen molar-refractivity contribution in [3.05, 3.63) is 42.2 Å². The topological polar surface area (TPSA) is 59.0 Å². The fourth-order valence-corrected chi connectivity index (χ4v) is 3.38. The lowest BCUT2D eigenvalue weighted by Gasteiger charge is -2.36. The van der Waals surface area contributed by atoms with Crippen molar-refractivity contribution in [2.24, 2.45) is 5.41 Å². The zero-order valence-corrected chi connectivity index (χ0v) is 15.5. The lowest BCUT2D eigenvalue weighted by molar-refractivity contribution is -0.140. The zero-order chi connectivity index (χ0) is 18.0. The van der Waals surface area contributed by atoms with Gasteiger partial charge in [-0.25, -0.2) is 9.97 Å². The van der Waals surface area contributed by atoms with Crippen molar-refractivity contribution < 1.29 is 4.79 Å². The smallest absolute Gasteiger partial charge is 0.227 e. The van der Waals surface area contributed by atoms with E-state index >= 15 is 0 Å². The van der Waals surface area contributed by atoms with Gasteiger partial charge in [0, 0.05) is 48.6 Å². The molecule has 1 aliphatic heterocycles. The molecule has 2 aromatic rings. The van der Waals surface area contributed by atoms with Crippen molar-refractivity contribution in [2.75, 3.05) is 13.1 Å². The van der Waals surface area contributed by atoms with Gasteiger partial charge in [-0.2, -0.15) is 0 Å². The monoisotopic (exact) mass is 338 g/mol. The molecule has 3 heterocycles. The van der Waals surface area contributed by atoms with E-state index in [1.54, 1.807) is 12.4 Å². The Morgan fingerprint density at radius 2 is 1.80 bits per heavy atom. The van der Waals surface area contributed by atoms with Gasteiger partial charge in [0.2, 0.25) is 5.91 Å². The Kier molecular flexibility index (Phi) is 4.84. The Balaban J connectivity index is 1.82. The molecule has 1 fully saturated rings. The van der Waals surface area contributed by atoms with Crippen LogP contribution in [0.1, 0.15) is 51.0 Å². The number of pyridine rings is 1. The second kappa shape index (κ2) is 6.90. The third-order valence-corrected chi connectivity index (χ3v) is 4.74. The van der Waals surface area contributed by atoms with E-state index in [1.165, 1.54) is 0 Å². The van der Waals surface area contributed by atoms with Crippen LogP contribution in [0.5, 0.6) is 0 Å². The highest BCUT2D eigenvalue weighted by atomic mass is 16.2. The fourth-order valence-electron chi connectivity index (χ4n) is 3.38. The molecule has 0 aliphatic carbocycles. The number of piperidine rings is 1. The Morgan fingerprint density at radius 1 is 1.16 bits per heavy atom. The molecule has 5 heteroatoms. The number of carbonyl (C=O) groups excluding carboxylic acids is 1. The van der Waals surface area contributed by atoms with Crippen LogP contribution in [-0.2, 0) is 4.79 Å². The van der Waals surface area contributed by atoms with Crippen LogP contribution in [0.3, 0.4) is 0 Å². The number of aromatic nitrogens is 3. The molecule has 1 aliphatic rings. The largest absolute Gasteiger partial charge is 0.342 e. The van der Waals surface area contributed by atoms with Gasteiger partial charge in [0.25, 0.3) is 0 Å². The van der Waals surface area contributed by atoms with Gasteiger partial charge in [0.1, 0.15) is 5.82 Å². The van der Waals surface area contributed by atoms with Gasteiger partial charge in [0.15, 0.2) is 0 Å².